The summed E-state index contributed by atoms with van der Waals surface area (Å²) in [5.41, 5.74) is 2.14. The van der Waals surface area contributed by atoms with E-state index in [0.29, 0.717) is 0 Å². The number of aliphatic hydroxyl groups is 1. The monoisotopic (exact) mass is 276 g/mol. The Hall–Kier alpha value is -1.06. The van der Waals surface area contributed by atoms with Gasteiger partial charge in [-0.1, -0.05) is 12.1 Å². The molecular formula is C17H24O3. The molecule has 110 valence electrons. The number of aliphatic hydroxyl groups excluding tert-OH is 1. The lowest BCUT2D eigenvalue weighted by Crippen LogP contribution is -2.48. The molecule has 0 amide bonds. The van der Waals surface area contributed by atoms with Crippen molar-refractivity contribution < 1.29 is 14.6 Å². The van der Waals surface area contributed by atoms with E-state index in [2.05, 4.69) is 6.92 Å². The minimum Gasteiger partial charge on any atom is -0.490 e. The summed E-state index contributed by atoms with van der Waals surface area (Å²) < 4.78 is 12.2. The molecule has 1 aromatic carbocycles. The van der Waals surface area contributed by atoms with Crippen LogP contribution in [0.5, 0.6) is 5.75 Å². The second kappa shape index (κ2) is 5.38. The molecular weight excluding hydrogens is 252 g/mol. The Balaban J connectivity index is 1.75. The SMILES string of the molecule is Cc1ccc(C(C)O)c(OC2CCOC3(CCC3)C2)c1. The van der Waals surface area contributed by atoms with Crippen molar-refractivity contribution in [2.45, 2.75) is 63.8 Å². The summed E-state index contributed by atoms with van der Waals surface area (Å²) in [4.78, 5) is 0. The molecule has 1 aliphatic heterocycles. The lowest BCUT2D eigenvalue weighted by molar-refractivity contribution is -0.153. The van der Waals surface area contributed by atoms with Gasteiger partial charge in [0.25, 0.3) is 0 Å². The molecule has 3 nitrogen and oxygen atoms in total. The topological polar surface area (TPSA) is 38.7 Å². The summed E-state index contributed by atoms with van der Waals surface area (Å²) in [5, 5.41) is 9.88. The van der Waals surface area contributed by atoms with Crippen LogP contribution in [0.4, 0.5) is 0 Å². The highest BCUT2D eigenvalue weighted by molar-refractivity contribution is 5.38. The van der Waals surface area contributed by atoms with Gasteiger partial charge in [-0.3, -0.25) is 0 Å². The van der Waals surface area contributed by atoms with Crippen LogP contribution in [-0.4, -0.2) is 23.4 Å². The molecule has 2 aliphatic rings. The first-order chi connectivity index (χ1) is 9.58. The average molecular weight is 276 g/mol. The fraction of sp³-hybridized carbons (Fsp3) is 0.647. The highest BCUT2D eigenvalue weighted by atomic mass is 16.5. The molecule has 0 radical (unpaired) electrons. The maximum atomic E-state index is 9.88. The van der Waals surface area contributed by atoms with Crippen LogP contribution < -0.4 is 4.74 Å². The molecule has 2 fully saturated rings. The maximum absolute atomic E-state index is 9.88. The van der Waals surface area contributed by atoms with Crippen LogP contribution in [0.2, 0.25) is 0 Å². The minimum absolute atomic E-state index is 0.0950. The number of hydrogen-bond acceptors (Lipinski definition) is 3. The minimum atomic E-state index is -0.497. The molecule has 1 heterocycles. The number of rotatable bonds is 3. The Morgan fingerprint density at radius 1 is 1.40 bits per heavy atom. The van der Waals surface area contributed by atoms with Gasteiger partial charge in [0, 0.05) is 18.4 Å². The Bertz CT molecular complexity index is 477. The first-order valence-electron chi connectivity index (χ1n) is 7.67. The van der Waals surface area contributed by atoms with Gasteiger partial charge < -0.3 is 14.6 Å². The van der Waals surface area contributed by atoms with E-state index in [9.17, 15) is 5.11 Å². The predicted octanol–water partition coefficient (Wildman–Crippen LogP) is 3.53. The lowest BCUT2D eigenvalue weighted by atomic mass is 9.74. The molecule has 20 heavy (non-hydrogen) atoms. The van der Waals surface area contributed by atoms with Gasteiger partial charge in [0.2, 0.25) is 0 Å². The van der Waals surface area contributed by atoms with Gasteiger partial charge in [0.15, 0.2) is 0 Å². The molecule has 1 spiro atoms. The van der Waals surface area contributed by atoms with Crippen molar-refractivity contribution in [2.75, 3.05) is 6.61 Å². The van der Waals surface area contributed by atoms with E-state index in [1.165, 1.54) is 19.3 Å². The summed E-state index contributed by atoms with van der Waals surface area (Å²) in [7, 11) is 0. The van der Waals surface area contributed by atoms with Gasteiger partial charge in [0.05, 0.1) is 18.3 Å². The van der Waals surface area contributed by atoms with Crippen molar-refractivity contribution in [1.29, 1.82) is 0 Å². The maximum Gasteiger partial charge on any atom is 0.125 e. The molecule has 1 saturated carbocycles. The van der Waals surface area contributed by atoms with Crippen LogP contribution in [-0.2, 0) is 4.74 Å². The third-order valence-electron chi connectivity index (χ3n) is 4.63. The van der Waals surface area contributed by atoms with Gasteiger partial charge in [-0.15, -0.1) is 0 Å². The number of aryl methyl sites for hydroxylation is 1. The molecule has 1 aromatic rings. The van der Waals surface area contributed by atoms with Crippen molar-refractivity contribution in [3.8, 4) is 5.75 Å². The Labute approximate surface area is 120 Å². The van der Waals surface area contributed by atoms with E-state index in [-0.39, 0.29) is 11.7 Å². The van der Waals surface area contributed by atoms with E-state index < -0.39 is 6.10 Å². The van der Waals surface area contributed by atoms with E-state index in [0.717, 1.165) is 36.3 Å². The van der Waals surface area contributed by atoms with Gasteiger partial charge in [-0.05, 0) is 44.7 Å². The first-order valence-corrected chi connectivity index (χ1v) is 7.67. The van der Waals surface area contributed by atoms with Crippen LogP contribution in [0.3, 0.4) is 0 Å². The van der Waals surface area contributed by atoms with Crippen molar-refractivity contribution in [2.24, 2.45) is 0 Å². The third kappa shape index (κ3) is 2.70. The average Bonchev–Trinajstić information content (AvgIpc) is 2.37. The number of benzene rings is 1. The Morgan fingerprint density at radius 3 is 2.85 bits per heavy atom. The van der Waals surface area contributed by atoms with Crippen LogP contribution in [0.15, 0.2) is 18.2 Å². The summed E-state index contributed by atoms with van der Waals surface area (Å²) in [6.07, 6.45) is 5.26. The normalized spacial score (nSPS) is 26.1. The standard InChI is InChI=1S/C17H24O3/c1-12-4-5-15(13(2)18)16(10-12)20-14-6-9-19-17(11-14)7-3-8-17/h4-5,10,13-14,18H,3,6-9,11H2,1-2H3. The second-order valence-electron chi connectivity index (χ2n) is 6.33. The zero-order chi connectivity index (χ0) is 14.2. The van der Waals surface area contributed by atoms with Crippen LogP contribution in [0, 0.1) is 6.92 Å². The Kier molecular flexibility index (Phi) is 3.74. The summed E-state index contributed by atoms with van der Waals surface area (Å²) in [6.45, 7) is 4.63. The zero-order valence-electron chi connectivity index (χ0n) is 12.4. The van der Waals surface area contributed by atoms with Gasteiger partial charge in [-0.25, -0.2) is 0 Å². The van der Waals surface area contributed by atoms with E-state index >= 15 is 0 Å². The molecule has 0 aromatic heterocycles. The van der Waals surface area contributed by atoms with Crippen molar-refractivity contribution >= 4 is 0 Å². The molecule has 3 rings (SSSR count). The largest absolute Gasteiger partial charge is 0.490 e. The van der Waals surface area contributed by atoms with Crippen molar-refractivity contribution in [3.05, 3.63) is 29.3 Å². The summed E-state index contributed by atoms with van der Waals surface area (Å²) in [5.74, 6) is 0.835. The fourth-order valence-corrected chi connectivity index (χ4v) is 3.27. The van der Waals surface area contributed by atoms with Gasteiger partial charge in [-0.2, -0.15) is 0 Å². The third-order valence-corrected chi connectivity index (χ3v) is 4.63. The Morgan fingerprint density at radius 2 is 2.20 bits per heavy atom. The van der Waals surface area contributed by atoms with Crippen LogP contribution >= 0.6 is 0 Å². The highest BCUT2D eigenvalue weighted by Crippen LogP contribution is 2.43. The van der Waals surface area contributed by atoms with E-state index in [1.807, 2.05) is 18.2 Å². The molecule has 1 N–H and O–H groups in total. The van der Waals surface area contributed by atoms with E-state index in [1.54, 1.807) is 6.92 Å². The molecule has 1 saturated heterocycles. The summed E-state index contributed by atoms with van der Waals surface area (Å²) >= 11 is 0. The molecule has 2 unspecified atom stereocenters. The summed E-state index contributed by atoms with van der Waals surface area (Å²) in [6, 6.07) is 6.02. The van der Waals surface area contributed by atoms with E-state index in [4.69, 9.17) is 9.47 Å². The van der Waals surface area contributed by atoms with Gasteiger partial charge >= 0.3 is 0 Å². The molecule has 1 aliphatic carbocycles. The second-order valence-corrected chi connectivity index (χ2v) is 6.33. The van der Waals surface area contributed by atoms with Crippen molar-refractivity contribution in [1.82, 2.24) is 0 Å². The smallest absolute Gasteiger partial charge is 0.125 e. The first kappa shape index (κ1) is 13.9. The fourth-order valence-electron chi connectivity index (χ4n) is 3.27. The predicted molar refractivity (Wildman–Crippen MR) is 78.0 cm³/mol. The lowest BCUT2D eigenvalue weighted by Gasteiger charge is -2.47. The molecule has 0 bridgehead atoms. The quantitative estimate of drug-likeness (QED) is 0.918. The zero-order valence-corrected chi connectivity index (χ0v) is 12.4. The van der Waals surface area contributed by atoms with Crippen LogP contribution in [0.1, 0.15) is 56.3 Å². The number of hydrogen-bond donors (Lipinski definition) is 1. The molecule has 2 atom stereocenters. The van der Waals surface area contributed by atoms with Crippen molar-refractivity contribution in [3.63, 3.8) is 0 Å². The van der Waals surface area contributed by atoms with Crippen LogP contribution in [0.25, 0.3) is 0 Å². The van der Waals surface area contributed by atoms with Gasteiger partial charge in [0.1, 0.15) is 11.9 Å². The molecule has 3 heteroatoms. The highest BCUT2D eigenvalue weighted by Gasteiger charge is 2.43. The number of ether oxygens (including phenoxy) is 2.